The van der Waals surface area contributed by atoms with E-state index in [2.05, 4.69) is 0 Å². The van der Waals surface area contributed by atoms with Crippen molar-refractivity contribution in [3.63, 3.8) is 0 Å². The molecule has 0 aliphatic rings. The Morgan fingerprint density at radius 3 is 2.47 bits per heavy atom. The molecule has 2 aromatic carbocycles. The van der Waals surface area contributed by atoms with Gasteiger partial charge in [0.05, 0.1) is 11.6 Å². The van der Waals surface area contributed by atoms with Crippen molar-refractivity contribution in [2.45, 2.75) is 0 Å². The molecule has 0 spiro atoms. The molecule has 0 bridgehead atoms. The average Bonchev–Trinajstić information content (AvgIpc) is 2.30. The molecule has 0 fully saturated rings. The summed E-state index contributed by atoms with van der Waals surface area (Å²) in [6.45, 7) is 0. The van der Waals surface area contributed by atoms with E-state index in [1.54, 1.807) is 0 Å². The molecule has 2 rings (SSSR count). The molecule has 0 saturated carbocycles. The second-order valence-electron chi connectivity index (χ2n) is 3.40. The molecule has 0 radical (unpaired) electrons. The molecule has 1 nitrogen and oxygen atoms in total. The van der Waals surface area contributed by atoms with Crippen LogP contribution in [0.5, 0.6) is 0 Å². The fraction of sp³-hybridized carbons (Fsp3) is 0. The van der Waals surface area contributed by atoms with Crippen molar-refractivity contribution >= 4 is 11.6 Å². The molecule has 0 unspecified atom stereocenters. The van der Waals surface area contributed by atoms with Gasteiger partial charge >= 0.3 is 0 Å². The van der Waals surface area contributed by atoms with Crippen LogP contribution in [0, 0.1) is 23.0 Å². The van der Waals surface area contributed by atoms with Gasteiger partial charge in [-0.25, -0.2) is 8.78 Å². The van der Waals surface area contributed by atoms with Crippen molar-refractivity contribution in [2.24, 2.45) is 0 Å². The Bertz CT molecular complexity index is 617. The minimum atomic E-state index is -0.654. The van der Waals surface area contributed by atoms with Crippen LogP contribution in [0.3, 0.4) is 0 Å². The van der Waals surface area contributed by atoms with E-state index < -0.39 is 11.6 Å². The second-order valence-corrected chi connectivity index (χ2v) is 3.83. The van der Waals surface area contributed by atoms with Gasteiger partial charge in [-0.1, -0.05) is 17.7 Å². The monoisotopic (exact) mass is 249 g/mol. The lowest BCUT2D eigenvalue weighted by Gasteiger charge is -2.07. The van der Waals surface area contributed by atoms with Crippen LogP contribution in [0.25, 0.3) is 11.1 Å². The number of hydrogen-bond acceptors (Lipinski definition) is 1. The summed E-state index contributed by atoms with van der Waals surface area (Å²) in [5.74, 6) is -1.29. The maximum absolute atomic E-state index is 13.7. The molecular weight excluding hydrogens is 244 g/mol. The van der Waals surface area contributed by atoms with Crippen molar-refractivity contribution in [1.82, 2.24) is 0 Å². The third-order valence-corrected chi connectivity index (χ3v) is 2.57. The van der Waals surface area contributed by atoms with Crippen LogP contribution in [0.1, 0.15) is 5.56 Å². The van der Waals surface area contributed by atoms with Crippen molar-refractivity contribution in [1.29, 1.82) is 5.26 Å². The third kappa shape index (κ3) is 2.13. The van der Waals surface area contributed by atoms with Crippen LogP contribution >= 0.6 is 11.6 Å². The zero-order valence-electron chi connectivity index (χ0n) is 8.55. The fourth-order valence-corrected chi connectivity index (χ4v) is 1.74. The maximum atomic E-state index is 13.7. The van der Waals surface area contributed by atoms with E-state index in [0.717, 1.165) is 6.07 Å². The highest BCUT2D eigenvalue weighted by Crippen LogP contribution is 2.30. The van der Waals surface area contributed by atoms with E-state index in [1.165, 1.54) is 30.3 Å². The predicted octanol–water partition coefficient (Wildman–Crippen LogP) is 4.16. The Labute approximate surface area is 102 Å². The van der Waals surface area contributed by atoms with E-state index in [0.29, 0.717) is 0 Å². The number of nitrogens with zero attached hydrogens (tertiary/aromatic N) is 1. The van der Waals surface area contributed by atoms with Gasteiger partial charge in [0.2, 0.25) is 0 Å². The van der Waals surface area contributed by atoms with Crippen molar-refractivity contribution in [3.05, 3.63) is 58.6 Å². The first-order valence-electron chi connectivity index (χ1n) is 4.77. The van der Waals surface area contributed by atoms with Crippen LogP contribution < -0.4 is 0 Å². The Kier molecular flexibility index (Phi) is 3.08. The number of rotatable bonds is 1. The van der Waals surface area contributed by atoms with E-state index in [-0.39, 0.29) is 21.7 Å². The van der Waals surface area contributed by atoms with Crippen LogP contribution in [0.4, 0.5) is 8.78 Å². The van der Waals surface area contributed by atoms with Crippen LogP contribution in [0.2, 0.25) is 5.02 Å². The Morgan fingerprint density at radius 1 is 1.06 bits per heavy atom. The average molecular weight is 250 g/mol. The fourth-order valence-electron chi connectivity index (χ4n) is 1.58. The Hall–Kier alpha value is -1.92. The third-order valence-electron chi connectivity index (χ3n) is 2.33. The summed E-state index contributed by atoms with van der Waals surface area (Å²) in [4.78, 5) is 0. The van der Waals surface area contributed by atoms with Gasteiger partial charge in [0.1, 0.15) is 11.6 Å². The van der Waals surface area contributed by atoms with E-state index in [9.17, 15) is 8.78 Å². The zero-order chi connectivity index (χ0) is 12.4. The predicted molar refractivity (Wildman–Crippen MR) is 61.5 cm³/mol. The van der Waals surface area contributed by atoms with Gasteiger partial charge in [-0.3, -0.25) is 0 Å². The Morgan fingerprint density at radius 2 is 1.82 bits per heavy atom. The van der Waals surface area contributed by atoms with Crippen molar-refractivity contribution in [3.8, 4) is 17.2 Å². The van der Waals surface area contributed by atoms with Gasteiger partial charge in [-0.15, -0.1) is 0 Å². The lowest BCUT2D eigenvalue weighted by molar-refractivity contribution is 0.616. The molecule has 17 heavy (non-hydrogen) atoms. The molecule has 2 aromatic rings. The molecule has 0 aromatic heterocycles. The Balaban J connectivity index is 2.73. The minimum absolute atomic E-state index is 0.0315. The summed E-state index contributed by atoms with van der Waals surface area (Å²) in [5.41, 5.74) is 0.0828. The molecule has 0 amide bonds. The normalized spacial score (nSPS) is 10.0. The maximum Gasteiger partial charge on any atom is 0.132 e. The summed E-state index contributed by atoms with van der Waals surface area (Å²) < 4.78 is 27.3. The van der Waals surface area contributed by atoms with Gasteiger partial charge in [0.15, 0.2) is 0 Å². The molecule has 0 aliphatic heterocycles. The van der Waals surface area contributed by atoms with E-state index in [4.69, 9.17) is 16.9 Å². The summed E-state index contributed by atoms with van der Waals surface area (Å²) in [5, 5.41) is 9.11. The summed E-state index contributed by atoms with van der Waals surface area (Å²) in [7, 11) is 0. The van der Waals surface area contributed by atoms with Gasteiger partial charge in [0, 0.05) is 16.1 Å². The summed E-state index contributed by atoms with van der Waals surface area (Å²) >= 11 is 5.62. The highest BCUT2D eigenvalue weighted by Gasteiger charge is 2.14. The van der Waals surface area contributed by atoms with Gasteiger partial charge in [0.25, 0.3) is 0 Å². The van der Waals surface area contributed by atoms with E-state index in [1.807, 2.05) is 6.07 Å². The molecule has 0 saturated heterocycles. The summed E-state index contributed by atoms with van der Waals surface area (Å²) in [6.07, 6.45) is 0. The first kappa shape index (κ1) is 11.6. The van der Waals surface area contributed by atoms with Gasteiger partial charge < -0.3 is 0 Å². The second kappa shape index (κ2) is 4.52. The highest BCUT2D eigenvalue weighted by atomic mass is 35.5. The molecule has 0 N–H and O–H groups in total. The quantitative estimate of drug-likeness (QED) is 0.745. The number of benzene rings is 2. The number of halogens is 3. The lowest BCUT2D eigenvalue weighted by Crippen LogP contribution is -1.92. The molecule has 0 heterocycles. The van der Waals surface area contributed by atoms with Gasteiger partial charge in [-0.2, -0.15) is 5.26 Å². The van der Waals surface area contributed by atoms with Crippen LogP contribution in [-0.2, 0) is 0 Å². The molecule has 0 atom stereocenters. The van der Waals surface area contributed by atoms with E-state index >= 15 is 0 Å². The number of nitriles is 1. The SMILES string of the molecule is N#Cc1cccc(F)c1-c1ccc(Cl)cc1F. The largest absolute Gasteiger partial charge is 0.206 e. The molecular formula is C13H6ClF2N. The standard InChI is InChI=1S/C13H6ClF2N/c14-9-4-5-10(12(16)6-9)13-8(7-17)2-1-3-11(13)15/h1-6H. The molecule has 84 valence electrons. The van der Waals surface area contributed by atoms with Crippen LogP contribution in [0.15, 0.2) is 36.4 Å². The minimum Gasteiger partial charge on any atom is -0.206 e. The van der Waals surface area contributed by atoms with Crippen molar-refractivity contribution in [2.75, 3.05) is 0 Å². The lowest BCUT2D eigenvalue weighted by atomic mass is 9.99. The zero-order valence-corrected chi connectivity index (χ0v) is 9.30. The summed E-state index contributed by atoms with van der Waals surface area (Å²) in [6, 6.07) is 9.76. The first-order valence-corrected chi connectivity index (χ1v) is 5.15. The number of hydrogen-bond donors (Lipinski definition) is 0. The highest BCUT2D eigenvalue weighted by molar-refractivity contribution is 6.30. The topological polar surface area (TPSA) is 23.8 Å². The first-order chi connectivity index (χ1) is 8.13. The van der Waals surface area contributed by atoms with Crippen LogP contribution in [-0.4, -0.2) is 0 Å². The van der Waals surface area contributed by atoms with Crippen molar-refractivity contribution < 1.29 is 8.78 Å². The molecule has 0 aliphatic carbocycles. The van der Waals surface area contributed by atoms with Gasteiger partial charge in [-0.05, 0) is 30.3 Å². The smallest absolute Gasteiger partial charge is 0.132 e. The molecule has 4 heteroatoms.